The summed E-state index contributed by atoms with van der Waals surface area (Å²) in [7, 11) is 3.29. The van der Waals surface area contributed by atoms with Crippen LogP contribution in [0.1, 0.15) is 36.9 Å². The first kappa shape index (κ1) is 19.7. The van der Waals surface area contributed by atoms with Crippen LogP contribution in [0.2, 0.25) is 0 Å². The number of nitriles is 1. The van der Waals surface area contributed by atoms with E-state index in [1.165, 1.54) is 0 Å². The highest BCUT2D eigenvalue weighted by Gasteiger charge is 2.34. The van der Waals surface area contributed by atoms with Gasteiger partial charge in [-0.15, -0.1) is 0 Å². The molecule has 0 unspecified atom stereocenters. The minimum Gasteiger partial charge on any atom is -0.497 e. The summed E-state index contributed by atoms with van der Waals surface area (Å²) in [5, 5.41) is 12.1. The Balaban J connectivity index is 1.82. The van der Waals surface area contributed by atoms with Gasteiger partial charge in [-0.3, -0.25) is 9.69 Å². The van der Waals surface area contributed by atoms with Gasteiger partial charge in [-0.2, -0.15) is 5.26 Å². The van der Waals surface area contributed by atoms with Crippen LogP contribution >= 0.6 is 0 Å². The second kappa shape index (κ2) is 8.77. The number of nitrogens with zero attached hydrogens (tertiary/aromatic N) is 2. The van der Waals surface area contributed by atoms with Gasteiger partial charge in [-0.25, -0.2) is 0 Å². The first-order valence-electron chi connectivity index (χ1n) is 9.36. The molecule has 3 rings (SSSR count). The molecule has 6 nitrogen and oxygen atoms in total. The molecule has 1 saturated heterocycles. The summed E-state index contributed by atoms with van der Waals surface area (Å²) in [6.07, 6.45) is 1.94. The number of ether oxygens (including phenoxy) is 2. The van der Waals surface area contributed by atoms with Gasteiger partial charge in [0.25, 0.3) is 0 Å². The molecule has 0 aromatic heterocycles. The van der Waals surface area contributed by atoms with Crippen LogP contribution in [-0.4, -0.2) is 37.6 Å². The van der Waals surface area contributed by atoms with Gasteiger partial charge in [-0.05, 0) is 56.6 Å². The molecule has 0 radical (unpaired) electrons. The number of hydrogen-bond acceptors (Lipinski definition) is 5. The van der Waals surface area contributed by atoms with Gasteiger partial charge in [0.2, 0.25) is 5.91 Å². The van der Waals surface area contributed by atoms with E-state index in [1.54, 1.807) is 38.5 Å². The lowest BCUT2D eigenvalue weighted by atomic mass is 10.0. The number of methoxy groups -OCH3 is 2. The first-order chi connectivity index (χ1) is 13.6. The number of benzene rings is 2. The van der Waals surface area contributed by atoms with E-state index in [4.69, 9.17) is 9.47 Å². The molecule has 146 valence electrons. The van der Waals surface area contributed by atoms with Gasteiger partial charge >= 0.3 is 0 Å². The summed E-state index contributed by atoms with van der Waals surface area (Å²) in [4.78, 5) is 15.1. The number of amides is 1. The standard InChI is InChI=1S/C22H25N3O3/c1-15(22(26)24-19-8-5-4-7-16(19)14-23)25-12-6-9-20(25)18-13-17(27-2)10-11-21(18)28-3/h4-5,7-8,10-11,13,15,20H,6,9,12H2,1-3H3,(H,24,26)/t15-,20-/m1/s1. The number of anilines is 1. The highest BCUT2D eigenvalue weighted by atomic mass is 16.5. The Morgan fingerprint density at radius 1 is 1.25 bits per heavy atom. The Bertz CT molecular complexity index is 891. The van der Waals surface area contributed by atoms with Gasteiger partial charge in [0.1, 0.15) is 17.6 Å². The van der Waals surface area contributed by atoms with Crippen LogP contribution in [0, 0.1) is 11.3 Å². The van der Waals surface area contributed by atoms with E-state index in [1.807, 2.05) is 25.1 Å². The Morgan fingerprint density at radius 3 is 2.75 bits per heavy atom. The van der Waals surface area contributed by atoms with Gasteiger partial charge in [0, 0.05) is 11.6 Å². The Kier molecular flexibility index (Phi) is 6.17. The van der Waals surface area contributed by atoms with Crippen molar-refractivity contribution in [1.29, 1.82) is 5.26 Å². The number of likely N-dealkylation sites (tertiary alicyclic amines) is 1. The second-order valence-electron chi connectivity index (χ2n) is 6.83. The number of hydrogen-bond donors (Lipinski definition) is 1. The smallest absolute Gasteiger partial charge is 0.241 e. The molecule has 1 heterocycles. The van der Waals surface area contributed by atoms with Crippen molar-refractivity contribution in [1.82, 2.24) is 4.90 Å². The van der Waals surface area contributed by atoms with Gasteiger partial charge in [0.05, 0.1) is 31.5 Å². The third kappa shape index (κ3) is 3.95. The average Bonchev–Trinajstić information content (AvgIpc) is 3.22. The molecule has 0 spiro atoms. The van der Waals surface area contributed by atoms with E-state index in [0.29, 0.717) is 11.3 Å². The Morgan fingerprint density at radius 2 is 2.04 bits per heavy atom. The fraction of sp³-hybridized carbons (Fsp3) is 0.364. The van der Waals surface area contributed by atoms with Crippen molar-refractivity contribution in [2.45, 2.75) is 31.8 Å². The molecule has 1 N–H and O–H groups in total. The SMILES string of the molecule is COc1ccc(OC)c([C@H]2CCCN2[C@H](C)C(=O)Nc2ccccc2C#N)c1. The molecule has 1 aliphatic rings. The normalized spacial score (nSPS) is 17.6. The van der Waals surface area contributed by atoms with E-state index in [2.05, 4.69) is 16.3 Å². The van der Waals surface area contributed by atoms with Crippen LogP contribution in [0.4, 0.5) is 5.69 Å². The molecular formula is C22H25N3O3. The van der Waals surface area contributed by atoms with Crippen molar-refractivity contribution < 1.29 is 14.3 Å². The topological polar surface area (TPSA) is 74.6 Å². The molecule has 1 fully saturated rings. The van der Waals surface area contributed by atoms with Crippen molar-refractivity contribution in [2.75, 3.05) is 26.1 Å². The fourth-order valence-electron chi connectivity index (χ4n) is 3.76. The van der Waals surface area contributed by atoms with Crippen molar-refractivity contribution in [3.05, 3.63) is 53.6 Å². The van der Waals surface area contributed by atoms with Crippen LogP contribution in [-0.2, 0) is 4.79 Å². The minimum absolute atomic E-state index is 0.0667. The zero-order valence-corrected chi connectivity index (χ0v) is 16.4. The molecule has 28 heavy (non-hydrogen) atoms. The Hall–Kier alpha value is -3.04. The van der Waals surface area contributed by atoms with Gasteiger partial charge < -0.3 is 14.8 Å². The van der Waals surface area contributed by atoms with Crippen molar-refractivity contribution >= 4 is 11.6 Å². The number of carbonyl (C=O) groups is 1. The van der Waals surface area contributed by atoms with Crippen LogP contribution in [0.15, 0.2) is 42.5 Å². The van der Waals surface area contributed by atoms with Crippen molar-refractivity contribution in [3.8, 4) is 17.6 Å². The molecule has 1 aliphatic heterocycles. The van der Waals surface area contributed by atoms with Gasteiger partial charge in [0.15, 0.2) is 0 Å². The molecule has 0 aliphatic carbocycles. The summed E-state index contributed by atoms with van der Waals surface area (Å²) in [5.41, 5.74) is 2.02. The highest BCUT2D eigenvalue weighted by Crippen LogP contribution is 2.40. The molecule has 2 aromatic rings. The second-order valence-corrected chi connectivity index (χ2v) is 6.83. The third-order valence-electron chi connectivity index (χ3n) is 5.27. The lowest BCUT2D eigenvalue weighted by Gasteiger charge is -2.31. The number of carbonyl (C=O) groups excluding carboxylic acids is 1. The first-order valence-corrected chi connectivity index (χ1v) is 9.36. The number of para-hydroxylation sites is 1. The maximum Gasteiger partial charge on any atom is 0.241 e. The zero-order valence-electron chi connectivity index (χ0n) is 16.4. The lowest BCUT2D eigenvalue weighted by Crippen LogP contribution is -2.41. The maximum atomic E-state index is 12.9. The van der Waals surface area contributed by atoms with Crippen molar-refractivity contribution in [2.24, 2.45) is 0 Å². The molecule has 1 amide bonds. The van der Waals surface area contributed by atoms with E-state index < -0.39 is 0 Å². The minimum atomic E-state index is -0.352. The number of nitrogens with one attached hydrogen (secondary N) is 1. The zero-order chi connectivity index (χ0) is 20.1. The molecule has 0 saturated carbocycles. The summed E-state index contributed by atoms with van der Waals surface area (Å²) in [5.74, 6) is 1.43. The van der Waals surface area contributed by atoms with Crippen LogP contribution < -0.4 is 14.8 Å². The lowest BCUT2D eigenvalue weighted by molar-refractivity contribution is -0.121. The fourth-order valence-corrected chi connectivity index (χ4v) is 3.76. The highest BCUT2D eigenvalue weighted by molar-refractivity contribution is 5.95. The maximum absolute atomic E-state index is 12.9. The Labute approximate surface area is 165 Å². The molecule has 2 atom stereocenters. The van der Waals surface area contributed by atoms with E-state index in [0.717, 1.165) is 36.4 Å². The predicted octanol–water partition coefficient (Wildman–Crippen LogP) is 3.74. The van der Waals surface area contributed by atoms with Crippen LogP contribution in [0.3, 0.4) is 0 Å². The molecule has 2 aromatic carbocycles. The predicted molar refractivity (Wildman–Crippen MR) is 107 cm³/mol. The average molecular weight is 379 g/mol. The quantitative estimate of drug-likeness (QED) is 0.828. The number of rotatable bonds is 6. The van der Waals surface area contributed by atoms with Crippen LogP contribution in [0.25, 0.3) is 0 Å². The van der Waals surface area contributed by atoms with E-state index in [-0.39, 0.29) is 18.0 Å². The molecular weight excluding hydrogens is 354 g/mol. The van der Waals surface area contributed by atoms with Crippen molar-refractivity contribution in [3.63, 3.8) is 0 Å². The summed E-state index contributed by atoms with van der Waals surface area (Å²) in [6, 6.07) is 14.6. The van der Waals surface area contributed by atoms with Crippen LogP contribution in [0.5, 0.6) is 11.5 Å². The summed E-state index contributed by atoms with van der Waals surface area (Å²) >= 11 is 0. The summed E-state index contributed by atoms with van der Waals surface area (Å²) < 4.78 is 10.9. The molecule has 0 bridgehead atoms. The third-order valence-corrected chi connectivity index (χ3v) is 5.27. The van der Waals surface area contributed by atoms with E-state index in [9.17, 15) is 10.1 Å². The van der Waals surface area contributed by atoms with E-state index >= 15 is 0 Å². The largest absolute Gasteiger partial charge is 0.497 e. The monoisotopic (exact) mass is 379 g/mol. The molecule has 6 heteroatoms. The van der Waals surface area contributed by atoms with Gasteiger partial charge in [-0.1, -0.05) is 12.1 Å². The summed E-state index contributed by atoms with van der Waals surface area (Å²) in [6.45, 7) is 2.72.